The predicted octanol–water partition coefficient (Wildman–Crippen LogP) is 5.64. The third-order valence-electron chi connectivity index (χ3n) is 5.92. The summed E-state index contributed by atoms with van der Waals surface area (Å²) in [6, 6.07) is 19.2. The number of carbonyl (C=O) groups excluding carboxylic acids is 1. The maximum atomic E-state index is 12.3. The molecule has 154 valence electrons. The summed E-state index contributed by atoms with van der Waals surface area (Å²) < 4.78 is 11.0. The molecule has 0 radical (unpaired) electrons. The molecule has 0 spiro atoms. The van der Waals surface area contributed by atoms with Gasteiger partial charge in [-0.1, -0.05) is 36.4 Å². The van der Waals surface area contributed by atoms with Crippen LogP contribution < -0.4 is 4.74 Å². The van der Waals surface area contributed by atoms with Crippen molar-refractivity contribution in [2.75, 3.05) is 5.75 Å². The lowest BCUT2D eigenvalue weighted by atomic mass is 9.71. The Labute approximate surface area is 175 Å². The van der Waals surface area contributed by atoms with E-state index in [1.807, 2.05) is 43.3 Å². The van der Waals surface area contributed by atoms with Crippen LogP contribution in [0.25, 0.3) is 0 Å². The highest BCUT2D eigenvalue weighted by Crippen LogP contribution is 2.48. The smallest absolute Gasteiger partial charge is 0.425 e. The minimum absolute atomic E-state index is 0.306. The average molecular weight is 415 g/mol. The summed E-state index contributed by atoms with van der Waals surface area (Å²) in [6.07, 6.45) is 1.39. The van der Waals surface area contributed by atoms with Crippen molar-refractivity contribution in [2.24, 2.45) is 5.92 Å². The van der Waals surface area contributed by atoms with Crippen LogP contribution in [0.15, 0.2) is 65.6 Å². The fourth-order valence-electron chi connectivity index (χ4n) is 3.98. The number of ether oxygens (including phenoxy) is 2. The summed E-state index contributed by atoms with van der Waals surface area (Å²) in [6.45, 7) is 4.00. The van der Waals surface area contributed by atoms with Crippen molar-refractivity contribution in [3.8, 4) is 5.75 Å². The van der Waals surface area contributed by atoms with E-state index in [0.29, 0.717) is 18.1 Å². The van der Waals surface area contributed by atoms with Gasteiger partial charge in [-0.2, -0.15) is 0 Å². The van der Waals surface area contributed by atoms with Gasteiger partial charge in [0, 0.05) is 10.6 Å². The number of thioether (sulfide) groups is 1. The molecule has 2 bridgehead atoms. The molecular formula is C23H26O5S. The van der Waals surface area contributed by atoms with Crippen molar-refractivity contribution in [2.45, 2.75) is 55.3 Å². The van der Waals surface area contributed by atoms with Gasteiger partial charge in [0.1, 0.15) is 23.1 Å². The summed E-state index contributed by atoms with van der Waals surface area (Å²) in [4.78, 5) is 25.2. The molecule has 29 heavy (non-hydrogen) atoms. The van der Waals surface area contributed by atoms with Crippen LogP contribution in [0.1, 0.15) is 33.1 Å². The van der Waals surface area contributed by atoms with E-state index < -0.39 is 11.8 Å². The zero-order valence-corrected chi connectivity index (χ0v) is 17.5. The monoisotopic (exact) mass is 414 g/mol. The van der Waals surface area contributed by atoms with E-state index in [1.165, 1.54) is 4.90 Å². The van der Waals surface area contributed by atoms with Crippen LogP contribution in [0, 0.1) is 5.92 Å². The van der Waals surface area contributed by atoms with Gasteiger partial charge < -0.3 is 9.47 Å². The zero-order chi connectivity index (χ0) is 20.3. The van der Waals surface area contributed by atoms with Crippen LogP contribution in [0.5, 0.6) is 5.75 Å². The van der Waals surface area contributed by atoms with Gasteiger partial charge in [-0.25, -0.2) is 14.6 Å². The van der Waals surface area contributed by atoms with Gasteiger partial charge in [0.2, 0.25) is 0 Å². The molecule has 5 nitrogen and oxygen atoms in total. The Morgan fingerprint density at radius 3 is 2.52 bits per heavy atom. The molecular weight excluding hydrogens is 388 g/mol. The summed E-state index contributed by atoms with van der Waals surface area (Å²) >= 11 is 1.77. The molecule has 2 aromatic carbocycles. The maximum Gasteiger partial charge on any atom is 0.514 e. The van der Waals surface area contributed by atoms with Crippen molar-refractivity contribution >= 4 is 17.9 Å². The normalized spacial score (nSPS) is 31.1. The Kier molecular flexibility index (Phi) is 5.86. The Morgan fingerprint density at radius 2 is 1.79 bits per heavy atom. The van der Waals surface area contributed by atoms with Crippen molar-refractivity contribution in [3.63, 3.8) is 0 Å². The summed E-state index contributed by atoms with van der Waals surface area (Å²) in [5.41, 5.74) is -1.14. The van der Waals surface area contributed by atoms with Gasteiger partial charge in [-0.15, -0.1) is 11.8 Å². The Morgan fingerprint density at radius 1 is 1.10 bits per heavy atom. The third kappa shape index (κ3) is 4.60. The van der Waals surface area contributed by atoms with Gasteiger partial charge >= 0.3 is 6.16 Å². The van der Waals surface area contributed by atoms with E-state index >= 15 is 0 Å². The maximum absolute atomic E-state index is 12.3. The van der Waals surface area contributed by atoms with Gasteiger partial charge in [-0.3, -0.25) is 0 Å². The average Bonchev–Trinajstić information content (AvgIpc) is 2.73. The molecule has 0 N–H and O–H groups in total. The largest absolute Gasteiger partial charge is 0.514 e. The first-order valence-corrected chi connectivity index (χ1v) is 10.9. The molecule has 0 amide bonds. The number of fused-ring (bicyclic) bond motifs is 2. The minimum Gasteiger partial charge on any atom is -0.425 e. The summed E-state index contributed by atoms with van der Waals surface area (Å²) in [5, 5.41) is 0. The van der Waals surface area contributed by atoms with Gasteiger partial charge in [-0.05, 0) is 63.3 Å². The lowest BCUT2D eigenvalue weighted by molar-refractivity contribution is -0.440. The number of para-hydroxylation sites is 1. The van der Waals surface area contributed by atoms with Crippen LogP contribution in [0.2, 0.25) is 0 Å². The van der Waals surface area contributed by atoms with Crippen LogP contribution >= 0.6 is 11.8 Å². The summed E-state index contributed by atoms with van der Waals surface area (Å²) in [7, 11) is 0. The molecule has 4 rings (SSSR count). The second-order valence-corrected chi connectivity index (χ2v) is 9.18. The Bertz CT molecular complexity index is 830. The second kappa shape index (κ2) is 8.38. The Hall–Kier alpha value is -2.02. The predicted molar refractivity (Wildman–Crippen MR) is 111 cm³/mol. The van der Waals surface area contributed by atoms with E-state index in [9.17, 15) is 4.79 Å². The molecule has 2 aromatic rings. The summed E-state index contributed by atoms with van der Waals surface area (Å²) in [5.74, 6) is 1.61. The molecule has 2 aliphatic rings. The first-order valence-electron chi connectivity index (χ1n) is 9.95. The molecule has 4 atom stereocenters. The first-order chi connectivity index (χ1) is 14.0. The number of rotatable bonds is 5. The number of hydrogen-bond acceptors (Lipinski definition) is 6. The van der Waals surface area contributed by atoms with E-state index in [1.54, 1.807) is 23.9 Å². The van der Waals surface area contributed by atoms with Crippen molar-refractivity contribution < 1.29 is 24.0 Å². The highest BCUT2D eigenvalue weighted by molar-refractivity contribution is 7.99. The zero-order valence-electron chi connectivity index (χ0n) is 16.7. The number of hydrogen-bond donors (Lipinski definition) is 0. The Balaban J connectivity index is 1.35. The quantitative estimate of drug-likeness (QED) is 0.273. The molecule has 6 heteroatoms. The SMILES string of the molecule is C[C@@]1(OC(=O)Oc2ccccc2)CC[C@@H]2C[C@H]1OO[C@@]2(C)CSc1ccccc1. The topological polar surface area (TPSA) is 54.0 Å². The van der Waals surface area contributed by atoms with Gasteiger partial charge in [0.25, 0.3) is 0 Å². The van der Waals surface area contributed by atoms with Gasteiger partial charge in [0.15, 0.2) is 0 Å². The molecule has 0 unspecified atom stereocenters. The third-order valence-corrected chi connectivity index (χ3v) is 7.24. The van der Waals surface area contributed by atoms with Crippen LogP contribution in [-0.2, 0) is 14.5 Å². The molecule has 1 heterocycles. The van der Waals surface area contributed by atoms with E-state index in [4.69, 9.17) is 19.2 Å². The number of benzene rings is 2. The lowest BCUT2D eigenvalue weighted by Crippen LogP contribution is -2.59. The lowest BCUT2D eigenvalue weighted by Gasteiger charge is -2.51. The molecule has 1 saturated heterocycles. The fraction of sp³-hybridized carbons (Fsp3) is 0.435. The minimum atomic E-state index is -0.768. The van der Waals surface area contributed by atoms with Crippen molar-refractivity contribution in [3.05, 3.63) is 60.7 Å². The van der Waals surface area contributed by atoms with E-state index in [2.05, 4.69) is 19.1 Å². The van der Waals surface area contributed by atoms with E-state index in [-0.39, 0.29) is 11.7 Å². The first kappa shape index (κ1) is 20.3. The highest BCUT2D eigenvalue weighted by Gasteiger charge is 2.54. The molecule has 1 aliphatic heterocycles. The van der Waals surface area contributed by atoms with Crippen LogP contribution in [0.3, 0.4) is 0 Å². The van der Waals surface area contributed by atoms with Gasteiger partial charge in [0.05, 0.1) is 0 Å². The molecule has 0 aromatic heterocycles. The second-order valence-electron chi connectivity index (χ2n) is 8.13. The standard InChI is InChI=1S/C23H26O5S/c1-22(26-21(24)25-18-9-5-3-6-10-18)14-13-17-15-20(22)27-28-23(17,2)16-29-19-11-7-4-8-12-19/h3-12,17,20H,13-16H2,1-2H3/t17-,20-,22-,23+/m1/s1. The molecule has 1 saturated carbocycles. The van der Waals surface area contributed by atoms with E-state index in [0.717, 1.165) is 18.6 Å². The van der Waals surface area contributed by atoms with Crippen molar-refractivity contribution in [1.82, 2.24) is 0 Å². The fourth-order valence-corrected chi connectivity index (χ4v) is 5.06. The molecule has 2 fully saturated rings. The molecule has 1 aliphatic carbocycles. The van der Waals surface area contributed by atoms with Crippen LogP contribution in [0.4, 0.5) is 4.79 Å². The van der Waals surface area contributed by atoms with Crippen molar-refractivity contribution in [1.29, 1.82) is 0 Å². The highest BCUT2D eigenvalue weighted by atomic mass is 32.2. The van der Waals surface area contributed by atoms with Crippen LogP contribution in [-0.4, -0.2) is 29.2 Å². The number of carbonyl (C=O) groups is 1.